The summed E-state index contributed by atoms with van der Waals surface area (Å²) < 4.78 is 0. The number of aryl methyl sites for hydroxylation is 1. The summed E-state index contributed by atoms with van der Waals surface area (Å²) in [4.78, 5) is 47.8. The first-order chi connectivity index (χ1) is 15.8. The highest BCUT2D eigenvalue weighted by atomic mass is 16.5. The molecule has 9 heteroatoms. The molecule has 0 aromatic heterocycles. The van der Waals surface area contributed by atoms with Crippen LogP contribution >= 0.6 is 0 Å². The number of carbonyl (C=O) groups excluding carboxylic acids is 4. The quantitative estimate of drug-likeness (QED) is 0.279. The van der Waals surface area contributed by atoms with Crippen LogP contribution in [0.15, 0.2) is 66.7 Å². The molecule has 0 saturated carbocycles. The van der Waals surface area contributed by atoms with Crippen molar-refractivity contribution in [2.45, 2.75) is 6.92 Å². The Morgan fingerprint density at radius 1 is 0.758 bits per heavy atom. The number of rotatable bonds is 7. The van der Waals surface area contributed by atoms with E-state index in [0.717, 1.165) is 5.56 Å². The van der Waals surface area contributed by atoms with E-state index < -0.39 is 17.7 Å². The number of carbonyl (C=O) groups is 4. The van der Waals surface area contributed by atoms with Gasteiger partial charge in [0.25, 0.3) is 17.7 Å². The molecule has 3 rings (SSSR count). The standard InChI is InChI=1S/C24H22N4O5/c1-14-2-4-16(5-3-14)23(31)27-20-11-18(10-19(12-20)22(30)26-13-21(25)29)15-6-8-17(9-7-15)24(32)28-33/h2-12,33H,13H2,1H3,(H2,25,29)(H,26,30)(H,27,31)(H,28,32). The molecule has 168 valence electrons. The molecular weight excluding hydrogens is 424 g/mol. The van der Waals surface area contributed by atoms with Crippen molar-refractivity contribution < 1.29 is 24.4 Å². The van der Waals surface area contributed by atoms with Crippen LogP contribution in [0.25, 0.3) is 11.1 Å². The number of primary amides is 1. The number of nitrogens with one attached hydrogen (secondary N) is 3. The lowest BCUT2D eigenvalue weighted by atomic mass is 10.00. The summed E-state index contributed by atoms with van der Waals surface area (Å²) in [6.45, 7) is 1.58. The van der Waals surface area contributed by atoms with Gasteiger partial charge in [0.15, 0.2) is 0 Å². The molecule has 4 amide bonds. The van der Waals surface area contributed by atoms with Crippen molar-refractivity contribution in [1.29, 1.82) is 0 Å². The first-order valence-electron chi connectivity index (χ1n) is 9.91. The second-order valence-corrected chi connectivity index (χ2v) is 7.29. The molecule has 0 spiro atoms. The molecule has 0 heterocycles. The molecule has 0 aliphatic heterocycles. The molecule has 6 N–H and O–H groups in total. The van der Waals surface area contributed by atoms with Crippen molar-refractivity contribution in [1.82, 2.24) is 10.8 Å². The summed E-state index contributed by atoms with van der Waals surface area (Å²) in [5, 5.41) is 14.0. The number of anilines is 1. The van der Waals surface area contributed by atoms with Crippen molar-refractivity contribution >= 4 is 29.3 Å². The lowest BCUT2D eigenvalue weighted by Crippen LogP contribution is -2.33. The van der Waals surface area contributed by atoms with Gasteiger partial charge < -0.3 is 16.4 Å². The second kappa shape index (κ2) is 10.2. The molecule has 0 bridgehead atoms. The van der Waals surface area contributed by atoms with Gasteiger partial charge in [0, 0.05) is 22.4 Å². The van der Waals surface area contributed by atoms with Crippen molar-refractivity contribution in [3.8, 4) is 11.1 Å². The third-order valence-electron chi connectivity index (χ3n) is 4.77. The minimum Gasteiger partial charge on any atom is -0.368 e. The van der Waals surface area contributed by atoms with Crippen LogP contribution in [0, 0.1) is 6.92 Å². The number of benzene rings is 3. The number of nitrogens with two attached hydrogens (primary N) is 1. The zero-order valence-electron chi connectivity index (χ0n) is 17.7. The molecule has 0 radical (unpaired) electrons. The van der Waals surface area contributed by atoms with Gasteiger partial charge in [0.05, 0.1) is 6.54 Å². The average Bonchev–Trinajstić information content (AvgIpc) is 2.82. The number of hydroxylamine groups is 1. The van der Waals surface area contributed by atoms with E-state index in [1.54, 1.807) is 41.9 Å². The minimum absolute atomic E-state index is 0.199. The smallest absolute Gasteiger partial charge is 0.274 e. The highest BCUT2D eigenvalue weighted by Crippen LogP contribution is 2.26. The fourth-order valence-corrected chi connectivity index (χ4v) is 3.05. The summed E-state index contributed by atoms with van der Waals surface area (Å²) >= 11 is 0. The third kappa shape index (κ3) is 6.02. The highest BCUT2D eigenvalue weighted by molar-refractivity contribution is 6.06. The van der Waals surface area contributed by atoms with Crippen molar-refractivity contribution in [2.75, 3.05) is 11.9 Å². The van der Waals surface area contributed by atoms with Crippen LogP contribution in [0.5, 0.6) is 0 Å². The Balaban J connectivity index is 1.96. The summed E-state index contributed by atoms with van der Waals surface area (Å²) in [5.74, 6) is -2.25. The molecular formula is C24H22N4O5. The number of amides is 4. The maximum atomic E-state index is 12.7. The molecule has 3 aromatic rings. The molecule has 0 aliphatic carbocycles. The van der Waals surface area contributed by atoms with Crippen LogP contribution in [-0.2, 0) is 4.79 Å². The van der Waals surface area contributed by atoms with Gasteiger partial charge in [-0.25, -0.2) is 5.48 Å². The maximum absolute atomic E-state index is 12.7. The first-order valence-corrected chi connectivity index (χ1v) is 9.91. The van der Waals surface area contributed by atoms with Gasteiger partial charge in [-0.15, -0.1) is 0 Å². The highest BCUT2D eigenvalue weighted by Gasteiger charge is 2.14. The molecule has 0 atom stereocenters. The van der Waals surface area contributed by atoms with E-state index >= 15 is 0 Å². The fraction of sp³-hybridized carbons (Fsp3) is 0.0833. The van der Waals surface area contributed by atoms with E-state index in [1.807, 2.05) is 19.1 Å². The summed E-state index contributed by atoms with van der Waals surface area (Å²) in [6, 6.07) is 18.1. The topological polar surface area (TPSA) is 151 Å². The first kappa shape index (κ1) is 23.2. The van der Waals surface area contributed by atoms with E-state index in [4.69, 9.17) is 10.9 Å². The molecule has 33 heavy (non-hydrogen) atoms. The summed E-state index contributed by atoms with van der Waals surface area (Å²) in [6.07, 6.45) is 0. The lowest BCUT2D eigenvalue weighted by molar-refractivity contribution is -0.117. The Bertz CT molecular complexity index is 1200. The van der Waals surface area contributed by atoms with E-state index in [0.29, 0.717) is 22.4 Å². The predicted molar refractivity (Wildman–Crippen MR) is 122 cm³/mol. The number of hydrogen-bond donors (Lipinski definition) is 5. The minimum atomic E-state index is -0.690. The summed E-state index contributed by atoms with van der Waals surface area (Å²) in [7, 11) is 0. The Kier molecular flexibility index (Phi) is 7.17. The zero-order valence-corrected chi connectivity index (χ0v) is 17.7. The van der Waals surface area contributed by atoms with Crippen LogP contribution in [0.4, 0.5) is 5.69 Å². The van der Waals surface area contributed by atoms with Gasteiger partial charge in [-0.05, 0) is 60.5 Å². The second-order valence-electron chi connectivity index (χ2n) is 7.29. The van der Waals surface area contributed by atoms with Crippen molar-refractivity contribution in [3.63, 3.8) is 0 Å². The zero-order chi connectivity index (χ0) is 24.0. The lowest BCUT2D eigenvalue weighted by Gasteiger charge is -2.12. The molecule has 0 fully saturated rings. The van der Waals surface area contributed by atoms with Gasteiger partial charge in [0.1, 0.15) is 0 Å². The van der Waals surface area contributed by atoms with Gasteiger partial charge in [0.2, 0.25) is 5.91 Å². The van der Waals surface area contributed by atoms with Crippen LogP contribution in [0.3, 0.4) is 0 Å². The van der Waals surface area contributed by atoms with Gasteiger partial charge in [-0.1, -0.05) is 29.8 Å². The van der Waals surface area contributed by atoms with Crippen LogP contribution < -0.4 is 21.8 Å². The van der Waals surface area contributed by atoms with E-state index in [1.165, 1.54) is 18.2 Å². The third-order valence-corrected chi connectivity index (χ3v) is 4.77. The van der Waals surface area contributed by atoms with E-state index in [9.17, 15) is 19.2 Å². The fourth-order valence-electron chi connectivity index (χ4n) is 3.05. The van der Waals surface area contributed by atoms with Crippen LogP contribution in [0.1, 0.15) is 36.6 Å². The Morgan fingerprint density at radius 2 is 1.36 bits per heavy atom. The largest absolute Gasteiger partial charge is 0.368 e. The summed E-state index contributed by atoms with van der Waals surface area (Å²) in [5.41, 5.74) is 10.2. The molecule has 0 saturated heterocycles. The van der Waals surface area contributed by atoms with Gasteiger partial charge >= 0.3 is 0 Å². The van der Waals surface area contributed by atoms with Crippen molar-refractivity contribution in [2.24, 2.45) is 5.73 Å². The van der Waals surface area contributed by atoms with Gasteiger partial charge in [-0.2, -0.15) is 0 Å². The van der Waals surface area contributed by atoms with Gasteiger partial charge in [-0.3, -0.25) is 24.4 Å². The Morgan fingerprint density at radius 3 is 1.97 bits per heavy atom. The molecule has 3 aromatic carbocycles. The normalized spacial score (nSPS) is 10.2. The Hall–Kier alpha value is -4.50. The maximum Gasteiger partial charge on any atom is 0.274 e. The molecule has 9 nitrogen and oxygen atoms in total. The van der Waals surface area contributed by atoms with E-state index in [2.05, 4.69) is 10.6 Å². The monoisotopic (exact) mass is 446 g/mol. The average molecular weight is 446 g/mol. The van der Waals surface area contributed by atoms with E-state index in [-0.39, 0.29) is 23.6 Å². The SMILES string of the molecule is Cc1ccc(C(=O)Nc2cc(C(=O)NCC(N)=O)cc(-c3ccc(C(=O)NO)cc3)c2)cc1. The molecule has 0 aliphatic rings. The Labute approximate surface area is 189 Å². The number of hydrogen-bond acceptors (Lipinski definition) is 5. The van der Waals surface area contributed by atoms with Crippen LogP contribution in [-0.4, -0.2) is 35.4 Å². The van der Waals surface area contributed by atoms with Crippen molar-refractivity contribution in [3.05, 3.63) is 89.0 Å². The molecule has 0 unspecified atom stereocenters. The predicted octanol–water partition coefficient (Wildman–Crippen LogP) is 2.25. The van der Waals surface area contributed by atoms with Crippen LogP contribution in [0.2, 0.25) is 0 Å².